The Morgan fingerprint density at radius 1 is 1.06 bits per heavy atom. The first-order chi connectivity index (χ1) is 7.54. The van der Waals surface area contributed by atoms with Gasteiger partial charge in [0.15, 0.2) is 0 Å². The van der Waals surface area contributed by atoms with E-state index in [1.807, 2.05) is 0 Å². The standard InChI is InChI=1S/C8H12F6O3/c1-5(3-15)6(7(9,10)11,8(12,13)14)17-4-16-2/h5,15H,3-4H2,1-2H3. The highest BCUT2D eigenvalue weighted by Crippen LogP contribution is 2.50. The van der Waals surface area contributed by atoms with Crippen molar-refractivity contribution in [3.8, 4) is 0 Å². The van der Waals surface area contributed by atoms with Crippen LogP contribution < -0.4 is 0 Å². The van der Waals surface area contributed by atoms with Crippen molar-refractivity contribution >= 4 is 0 Å². The van der Waals surface area contributed by atoms with E-state index in [2.05, 4.69) is 9.47 Å². The van der Waals surface area contributed by atoms with E-state index in [0.29, 0.717) is 6.92 Å². The van der Waals surface area contributed by atoms with Crippen LogP contribution in [0, 0.1) is 5.92 Å². The maximum Gasteiger partial charge on any atom is 0.426 e. The first kappa shape index (κ1) is 16.5. The Bertz CT molecular complexity index is 222. The van der Waals surface area contributed by atoms with Crippen LogP contribution in [-0.4, -0.2) is 43.6 Å². The topological polar surface area (TPSA) is 38.7 Å². The molecular formula is C8H12F6O3. The SMILES string of the molecule is COCOC(C(C)CO)(C(F)(F)F)C(F)(F)F. The molecule has 0 heterocycles. The lowest BCUT2D eigenvalue weighted by Crippen LogP contribution is -2.63. The first-order valence-electron chi connectivity index (χ1n) is 4.41. The molecule has 0 aliphatic heterocycles. The molecule has 0 amide bonds. The maximum atomic E-state index is 12.6. The summed E-state index contributed by atoms with van der Waals surface area (Å²) in [5.41, 5.74) is -4.44. The molecule has 1 N–H and O–H groups in total. The van der Waals surface area contributed by atoms with Crippen molar-refractivity contribution in [3.63, 3.8) is 0 Å². The predicted octanol–water partition coefficient (Wildman–Crippen LogP) is 2.10. The molecule has 0 saturated heterocycles. The molecule has 1 unspecified atom stereocenters. The summed E-state index contributed by atoms with van der Waals surface area (Å²) in [6.07, 6.45) is -11.4. The number of alkyl halides is 6. The van der Waals surface area contributed by atoms with E-state index in [9.17, 15) is 26.3 Å². The molecule has 9 heteroatoms. The van der Waals surface area contributed by atoms with Gasteiger partial charge in [0, 0.05) is 19.6 Å². The van der Waals surface area contributed by atoms with E-state index in [1.165, 1.54) is 0 Å². The van der Waals surface area contributed by atoms with Gasteiger partial charge in [-0.25, -0.2) is 0 Å². The minimum Gasteiger partial charge on any atom is -0.396 e. The monoisotopic (exact) mass is 270 g/mol. The van der Waals surface area contributed by atoms with E-state index >= 15 is 0 Å². The third-order valence-corrected chi connectivity index (χ3v) is 2.21. The summed E-state index contributed by atoms with van der Waals surface area (Å²) in [6.45, 7) is -1.93. The van der Waals surface area contributed by atoms with Crippen LogP contribution in [0.2, 0.25) is 0 Å². The molecule has 0 radical (unpaired) electrons. The molecule has 17 heavy (non-hydrogen) atoms. The van der Waals surface area contributed by atoms with Crippen LogP contribution in [0.15, 0.2) is 0 Å². The molecule has 0 aliphatic rings. The summed E-state index contributed by atoms with van der Waals surface area (Å²) < 4.78 is 83.6. The highest BCUT2D eigenvalue weighted by molar-refractivity contribution is 4.99. The molecule has 0 rings (SSSR count). The summed E-state index contributed by atoms with van der Waals surface area (Å²) >= 11 is 0. The fourth-order valence-corrected chi connectivity index (χ4v) is 1.31. The van der Waals surface area contributed by atoms with E-state index < -0.39 is 37.3 Å². The highest BCUT2D eigenvalue weighted by Gasteiger charge is 2.74. The van der Waals surface area contributed by atoms with Gasteiger partial charge in [0.05, 0.1) is 0 Å². The van der Waals surface area contributed by atoms with Crippen LogP contribution in [0.1, 0.15) is 6.92 Å². The number of halogens is 6. The molecule has 3 nitrogen and oxygen atoms in total. The van der Waals surface area contributed by atoms with Crippen LogP contribution in [0.25, 0.3) is 0 Å². The number of hydrogen-bond acceptors (Lipinski definition) is 3. The number of rotatable bonds is 5. The van der Waals surface area contributed by atoms with Crippen molar-refractivity contribution in [2.24, 2.45) is 5.92 Å². The van der Waals surface area contributed by atoms with Crippen LogP contribution in [-0.2, 0) is 9.47 Å². The van der Waals surface area contributed by atoms with Gasteiger partial charge in [-0.15, -0.1) is 0 Å². The van der Waals surface area contributed by atoms with E-state index in [-0.39, 0.29) is 0 Å². The van der Waals surface area contributed by atoms with Gasteiger partial charge in [0.1, 0.15) is 6.79 Å². The van der Waals surface area contributed by atoms with Crippen molar-refractivity contribution in [3.05, 3.63) is 0 Å². The number of ether oxygens (including phenoxy) is 2. The molecule has 0 fully saturated rings. The van der Waals surface area contributed by atoms with Gasteiger partial charge in [-0.1, -0.05) is 6.92 Å². The first-order valence-corrected chi connectivity index (χ1v) is 4.41. The summed E-state index contributed by atoms with van der Waals surface area (Å²) in [4.78, 5) is 0. The Balaban J connectivity index is 5.55. The Kier molecular flexibility index (Phi) is 5.23. The Labute approximate surface area is 93.3 Å². The lowest BCUT2D eigenvalue weighted by molar-refractivity contribution is -0.408. The minimum absolute atomic E-state index is 0.594. The Hall–Kier alpha value is -0.540. The van der Waals surface area contributed by atoms with Gasteiger partial charge in [0.2, 0.25) is 0 Å². The lowest BCUT2D eigenvalue weighted by Gasteiger charge is -2.40. The number of methoxy groups -OCH3 is 1. The van der Waals surface area contributed by atoms with Gasteiger partial charge >= 0.3 is 12.4 Å². The molecule has 0 saturated carbocycles. The fraction of sp³-hybridized carbons (Fsp3) is 1.00. The second-order valence-electron chi connectivity index (χ2n) is 3.37. The molecule has 0 spiro atoms. The van der Waals surface area contributed by atoms with Crippen LogP contribution >= 0.6 is 0 Å². The van der Waals surface area contributed by atoms with E-state index in [4.69, 9.17) is 5.11 Å². The number of aliphatic hydroxyl groups excluding tert-OH is 1. The van der Waals surface area contributed by atoms with Crippen LogP contribution in [0.5, 0.6) is 0 Å². The van der Waals surface area contributed by atoms with Crippen LogP contribution in [0.4, 0.5) is 26.3 Å². The van der Waals surface area contributed by atoms with Crippen molar-refractivity contribution in [1.29, 1.82) is 0 Å². The van der Waals surface area contributed by atoms with Gasteiger partial charge < -0.3 is 14.6 Å². The quantitative estimate of drug-likeness (QED) is 0.614. The average Bonchev–Trinajstić information content (AvgIpc) is 2.14. The van der Waals surface area contributed by atoms with Crippen molar-refractivity contribution in [1.82, 2.24) is 0 Å². The second-order valence-corrected chi connectivity index (χ2v) is 3.37. The largest absolute Gasteiger partial charge is 0.426 e. The smallest absolute Gasteiger partial charge is 0.396 e. The number of aliphatic hydroxyl groups is 1. The molecule has 104 valence electrons. The Morgan fingerprint density at radius 2 is 1.47 bits per heavy atom. The molecule has 1 atom stereocenters. The van der Waals surface area contributed by atoms with Gasteiger partial charge in [-0.05, 0) is 0 Å². The molecule has 0 aromatic heterocycles. The van der Waals surface area contributed by atoms with Gasteiger partial charge in [-0.3, -0.25) is 0 Å². The molecule has 0 bridgehead atoms. The predicted molar refractivity (Wildman–Crippen MR) is 44.1 cm³/mol. The summed E-state index contributed by atoms with van der Waals surface area (Å²) in [6, 6.07) is 0. The maximum absolute atomic E-state index is 12.6. The molecule has 0 aromatic carbocycles. The summed E-state index contributed by atoms with van der Waals surface area (Å²) in [7, 11) is 0.890. The Morgan fingerprint density at radius 3 is 1.71 bits per heavy atom. The normalized spacial score (nSPS) is 16.1. The van der Waals surface area contributed by atoms with Crippen molar-refractivity contribution in [2.45, 2.75) is 24.9 Å². The second kappa shape index (κ2) is 5.40. The summed E-state index contributed by atoms with van der Waals surface area (Å²) in [5, 5.41) is 8.58. The highest BCUT2D eigenvalue weighted by atomic mass is 19.4. The van der Waals surface area contributed by atoms with Gasteiger partial charge in [0.25, 0.3) is 5.60 Å². The third-order valence-electron chi connectivity index (χ3n) is 2.21. The molecule has 0 aromatic rings. The fourth-order valence-electron chi connectivity index (χ4n) is 1.31. The average molecular weight is 270 g/mol. The zero-order valence-corrected chi connectivity index (χ0v) is 9.02. The number of hydrogen-bond donors (Lipinski definition) is 1. The molecular weight excluding hydrogens is 258 g/mol. The zero-order valence-electron chi connectivity index (χ0n) is 9.02. The van der Waals surface area contributed by atoms with E-state index in [0.717, 1.165) is 7.11 Å². The van der Waals surface area contributed by atoms with Crippen LogP contribution in [0.3, 0.4) is 0 Å². The van der Waals surface area contributed by atoms with Crippen molar-refractivity contribution < 1.29 is 40.9 Å². The lowest BCUT2D eigenvalue weighted by atomic mass is 9.87. The van der Waals surface area contributed by atoms with Gasteiger partial charge in [-0.2, -0.15) is 26.3 Å². The van der Waals surface area contributed by atoms with E-state index in [1.54, 1.807) is 0 Å². The summed E-state index contributed by atoms with van der Waals surface area (Å²) in [5.74, 6) is -2.21. The zero-order chi connectivity index (χ0) is 13.9. The van der Waals surface area contributed by atoms with Crippen molar-refractivity contribution in [2.75, 3.05) is 20.5 Å². The third kappa shape index (κ3) is 3.02. The molecule has 0 aliphatic carbocycles. The minimum atomic E-state index is -5.72.